The third kappa shape index (κ3) is 3.16. The highest BCUT2D eigenvalue weighted by molar-refractivity contribution is 6.12. The van der Waals surface area contributed by atoms with Gasteiger partial charge < -0.3 is 15.1 Å². The summed E-state index contributed by atoms with van der Waals surface area (Å²) >= 11 is 0. The molecular weight excluding hydrogens is 280 g/mol. The van der Waals surface area contributed by atoms with Crippen molar-refractivity contribution >= 4 is 23.7 Å². The minimum Gasteiger partial charge on any atom is -0.481 e. The monoisotopic (exact) mass is 294 g/mol. The fourth-order valence-corrected chi connectivity index (χ4v) is 2.30. The largest absolute Gasteiger partial charge is 0.481 e. The van der Waals surface area contributed by atoms with Crippen molar-refractivity contribution in [2.75, 3.05) is 6.54 Å². The molecule has 0 saturated heterocycles. The lowest BCUT2D eigenvalue weighted by atomic mass is 10.1. The molecule has 0 saturated carbocycles. The van der Waals surface area contributed by atoms with Gasteiger partial charge >= 0.3 is 5.97 Å². The number of imide groups is 1. The molecule has 0 fully saturated rings. The van der Waals surface area contributed by atoms with Crippen LogP contribution in [-0.2, 0) is 19.2 Å². The maximum atomic E-state index is 11.7. The quantitative estimate of drug-likeness (QED) is 0.598. The summed E-state index contributed by atoms with van der Waals surface area (Å²) in [5, 5.41) is 18.5. The second-order valence-corrected chi connectivity index (χ2v) is 4.72. The number of carbonyl (C=O) groups is 4. The number of hydrogen-bond acceptors (Lipinski definition) is 5. The van der Waals surface area contributed by atoms with Crippen molar-refractivity contribution in [3.8, 4) is 0 Å². The number of aliphatic hydroxyl groups is 1. The van der Waals surface area contributed by atoms with Gasteiger partial charge in [-0.3, -0.25) is 24.1 Å². The summed E-state index contributed by atoms with van der Waals surface area (Å²) in [5.41, 5.74) is 0. The molecule has 8 nitrogen and oxygen atoms in total. The molecule has 8 heteroatoms. The third-order valence-corrected chi connectivity index (χ3v) is 3.33. The molecule has 0 bridgehead atoms. The summed E-state index contributed by atoms with van der Waals surface area (Å²) < 4.78 is 0. The van der Waals surface area contributed by atoms with Crippen LogP contribution in [0.5, 0.6) is 0 Å². The molecule has 2 rings (SSSR count). The van der Waals surface area contributed by atoms with Crippen molar-refractivity contribution < 1.29 is 29.4 Å². The van der Waals surface area contributed by atoms with E-state index in [9.17, 15) is 24.3 Å². The third-order valence-electron chi connectivity index (χ3n) is 3.33. The van der Waals surface area contributed by atoms with E-state index in [1.165, 1.54) is 12.2 Å². The standard InChI is InChI=1S/C13H14N2O6/c16-9-2-3-10(17)14(9)7-8(1-6-13(20)21)15-11(18)4-5-12(15)19/h2-5,8,11,18H,1,6-7H2,(H,20,21). The van der Waals surface area contributed by atoms with Gasteiger partial charge in [-0.2, -0.15) is 0 Å². The van der Waals surface area contributed by atoms with Crippen LogP contribution in [0.3, 0.4) is 0 Å². The molecule has 112 valence electrons. The lowest BCUT2D eigenvalue weighted by Gasteiger charge is -2.32. The number of carboxylic acids is 1. The molecule has 2 N–H and O–H groups in total. The van der Waals surface area contributed by atoms with Crippen LogP contribution >= 0.6 is 0 Å². The van der Waals surface area contributed by atoms with Crippen LogP contribution in [0.15, 0.2) is 24.3 Å². The lowest BCUT2D eigenvalue weighted by Crippen LogP contribution is -2.50. The first-order chi connectivity index (χ1) is 9.90. The molecule has 2 unspecified atom stereocenters. The second-order valence-electron chi connectivity index (χ2n) is 4.72. The van der Waals surface area contributed by atoms with Gasteiger partial charge in [0.2, 0.25) is 5.91 Å². The van der Waals surface area contributed by atoms with Gasteiger partial charge in [-0.05, 0) is 12.5 Å². The van der Waals surface area contributed by atoms with Gasteiger partial charge in [-0.1, -0.05) is 0 Å². The Kier molecular flexibility index (Phi) is 4.18. The van der Waals surface area contributed by atoms with Crippen LogP contribution in [0, 0.1) is 0 Å². The molecule has 0 aliphatic carbocycles. The Morgan fingerprint density at radius 2 is 1.76 bits per heavy atom. The van der Waals surface area contributed by atoms with Crippen molar-refractivity contribution in [1.82, 2.24) is 9.80 Å². The van der Waals surface area contributed by atoms with E-state index in [2.05, 4.69) is 0 Å². The Balaban J connectivity index is 2.12. The summed E-state index contributed by atoms with van der Waals surface area (Å²) in [5.74, 6) is -2.58. The van der Waals surface area contributed by atoms with Crippen molar-refractivity contribution in [3.63, 3.8) is 0 Å². The highest BCUT2D eigenvalue weighted by atomic mass is 16.4. The van der Waals surface area contributed by atoms with Gasteiger partial charge in [-0.15, -0.1) is 0 Å². The number of carboxylic acid groups (broad SMARTS) is 1. The minimum atomic E-state index is -1.18. The molecule has 2 heterocycles. The van der Waals surface area contributed by atoms with Gasteiger partial charge in [0, 0.05) is 31.2 Å². The average molecular weight is 294 g/mol. The molecule has 2 atom stereocenters. The molecule has 2 aliphatic rings. The van der Waals surface area contributed by atoms with E-state index in [-0.39, 0.29) is 19.4 Å². The van der Waals surface area contributed by atoms with Gasteiger partial charge in [0.05, 0.1) is 6.04 Å². The van der Waals surface area contributed by atoms with Gasteiger partial charge in [-0.25, -0.2) is 0 Å². The van der Waals surface area contributed by atoms with Gasteiger partial charge in [0.25, 0.3) is 11.8 Å². The smallest absolute Gasteiger partial charge is 0.303 e. The minimum absolute atomic E-state index is 0.0247. The van der Waals surface area contributed by atoms with Crippen molar-refractivity contribution in [2.24, 2.45) is 0 Å². The zero-order valence-corrected chi connectivity index (χ0v) is 11.0. The number of rotatable bonds is 6. The van der Waals surface area contributed by atoms with Crippen LogP contribution in [0.4, 0.5) is 0 Å². The highest BCUT2D eigenvalue weighted by Crippen LogP contribution is 2.19. The van der Waals surface area contributed by atoms with E-state index in [0.717, 1.165) is 22.0 Å². The zero-order chi connectivity index (χ0) is 15.6. The molecular formula is C13H14N2O6. The molecule has 0 aromatic heterocycles. The fraction of sp³-hybridized carbons (Fsp3) is 0.385. The van der Waals surface area contributed by atoms with E-state index in [1.807, 2.05) is 0 Å². The number of aliphatic hydroxyl groups excluding tert-OH is 1. The van der Waals surface area contributed by atoms with E-state index < -0.39 is 36.0 Å². The summed E-state index contributed by atoms with van der Waals surface area (Å²) in [7, 11) is 0. The number of aliphatic carboxylic acids is 1. The van der Waals surface area contributed by atoms with Crippen LogP contribution in [0.25, 0.3) is 0 Å². The fourth-order valence-electron chi connectivity index (χ4n) is 2.30. The average Bonchev–Trinajstić information content (AvgIpc) is 2.90. The molecule has 0 spiro atoms. The van der Waals surface area contributed by atoms with Gasteiger partial charge in [0.1, 0.15) is 6.23 Å². The number of carbonyl (C=O) groups excluding carboxylic acids is 3. The molecule has 2 aliphatic heterocycles. The van der Waals surface area contributed by atoms with E-state index in [4.69, 9.17) is 5.11 Å². The van der Waals surface area contributed by atoms with E-state index >= 15 is 0 Å². The summed E-state index contributed by atoms with van der Waals surface area (Å²) in [6.45, 7) is -0.150. The van der Waals surface area contributed by atoms with Crippen LogP contribution in [0.1, 0.15) is 12.8 Å². The normalized spacial score (nSPS) is 22.5. The Morgan fingerprint density at radius 3 is 2.24 bits per heavy atom. The van der Waals surface area contributed by atoms with Crippen LogP contribution < -0.4 is 0 Å². The van der Waals surface area contributed by atoms with E-state index in [0.29, 0.717) is 0 Å². The lowest BCUT2D eigenvalue weighted by molar-refractivity contribution is -0.144. The predicted molar refractivity (Wildman–Crippen MR) is 68.5 cm³/mol. The maximum absolute atomic E-state index is 11.7. The highest BCUT2D eigenvalue weighted by Gasteiger charge is 2.35. The van der Waals surface area contributed by atoms with Crippen molar-refractivity contribution in [2.45, 2.75) is 25.1 Å². The predicted octanol–water partition coefficient (Wildman–Crippen LogP) is -1.14. The summed E-state index contributed by atoms with van der Waals surface area (Å²) in [4.78, 5) is 47.5. The number of hydrogen-bond donors (Lipinski definition) is 2. The van der Waals surface area contributed by atoms with Crippen molar-refractivity contribution in [1.29, 1.82) is 0 Å². The molecule has 3 amide bonds. The first-order valence-corrected chi connectivity index (χ1v) is 6.34. The molecule has 0 aromatic rings. The topological polar surface area (TPSA) is 115 Å². The first-order valence-electron chi connectivity index (χ1n) is 6.34. The Hall–Kier alpha value is -2.48. The van der Waals surface area contributed by atoms with Crippen LogP contribution in [0.2, 0.25) is 0 Å². The first kappa shape index (κ1) is 14.9. The Labute approximate surface area is 119 Å². The number of nitrogens with zero attached hydrogens (tertiary/aromatic N) is 2. The van der Waals surface area contributed by atoms with Crippen molar-refractivity contribution in [3.05, 3.63) is 24.3 Å². The SMILES string of the molecule is O=C(O)CCC(CN1C(=O)C=CC1=O)N1C(=O)C=CC1O. The molecule has 0 aromatic carbocycles. The van der Waals surface area contributed by atoms with E-state index in [1.54, 1.807) is 0 Å². The molecule has 21 heavy (non-hydrogen) atoms. The summed E-state index contributed by atoms with van der Waals surface area (Å²) in [6, 6.07) is -0.758. The Morgan fingerprint density at radius 1 is 1.14 bits per heavy atom. The maximum Gasteiger partial charge on any atom is 0.303 e. The Bertz CT molecular complexity index is 535. The van der Waals surface area contributed by atoms with Crippen LogP contribution in [-0.4, -0.2) is 62.5 Å². The number of amides is 3. The summed E-state index contributed by atoms with van der Waals surface area (Å²) in [6.07, 6.45) is 3.25. The second kappa shape index (κ2) is 5.88. The zero-order valence-electron chi connectivity index (χ0n) is 11.0. The molecule has 0 radical (unpaired) electrons. The van der Waals surface area contributed by atoms with Gasteiger partial charge in [0.15, 0.2) is 0 Å².